The fourth-order valence-corrected chi connectivity index (χ4v) is 2.38. The van der Waals surface area contributed by atoms with Crippen molar-refractivity contribution in [2.75, 3.05) is 11.9 Å². The number of carbonyl (C=O) groups excluding carboxylic acids is 1. The van der Waals surface area contributed by atoms with Crippen LogP contribution in [0.3, 0.4) is 0 Å². The van der Waals surface area contributed by atoms with E-state index in [1.807, 2.05) is 12.1 Å². The maximum atomic E-state index is 11.5. The summed E-state index contributed by atoms with van der Waals surface area (Å²) >= 11 is 0. The first kappa shape index (κ1) is 13.9. The second-order valence-electron chi connectivity index (χ2n) is 5.40. The zero-order valence-corrected chi connectivity index (χ0v) is 11.8. The largest absolute Gasteiger partial charge is 0.491 e. The Morgan fingerprint density at radius 2 is 2.16 bits per heavy atom. The van der Waals surface area contributed by atoms with E-state index in [9.17, 15) is 4.79 Å². The predicted octanol–water partition coefficient (Wildman–Crippen LogP) is 2.34. The van der Waals surface area contributed by atoms with Crippen molar-refractivity contribution < 1.29 is 9.53 Å². The fraction of sp³-hybridized carbons (Fsp3) is 0.533. The smallest absolute Gasteiger partial charge is 0.227 e. The van der Waals surface area contributed by atoms with Gasteiger partial charge in [-0.05, 0) is 31.0 Å². The average molecular weight is 262 g/mol. The van der Waals surface area contributed by atoms with Gasteiger partial charge in [0, 0.05) is 12.1 Å². The molecule has 1 aliphatic heterocycles. The minimum atomic E-state index is 0.0178. The summed E-state index contributed by atoms with van der Waals surface area (Å²) in [5, 5.41) is 6.37. The number of carbonyl (C=O) groups is 1. The molecule has 0 aromatic heterocycles. The van der Waals surface area contributed by atoms with Gasteiger partial charge in [0.05, 0.1) is 18.7 Å². The molecule has 0 saturated carbocycles. The fourth-order valence-electron chi connectivity index (χ4n) is 2.38. The highest BCUT2D eigenvalue weighted by Gasteiger charge is 2.14. The Kier molecular flexibility index (Phi) is 4.43. The van der Waals surface area contributed by atoms with Gasteiger partial charge < -0.3 is 15.4 Å². The van der Waals surface area contributed by atoms with Crippen molar-refractivity contribution in [3.8, 4) is 5.75 Å². The third-order valence-electron chi connectivity index (χ3n) is 3.06. The highest BCUT2D eigenvalue weighted by molar-refractivity contribution is 5.93. The van der Waals surface area contributed by atoms with Gasteiger partial charge in [-0.2, -0.15) is 0 Å². The second kappa shape index (κ2) is 6.06. The molecule has 0 spiro atoms. The molecule has 2 rings (SSSR count). The lowest BCUT2D eigenvalue weighted by Gasteiger charge is -2.17. The average Bonchev–Trinajstić information content (AvgIpc) is 2.48. The number of hydrogen-bond acceptors (Lipinski definition) is 3. The van der Waals surface area contributed by atoms with Crippen LogP contribution in [0.25, 0.3) is 0 Å². The number of hydrogen-bond donors (Lipinski definition) is 2. The first-order valence-electron chi connectivity index (χ1n) is 6.86. The monoisotopic (exact) mass is 262 g/mol. The molecule has 19 heavy (non-hydrogen) atoms. The van der Waals surface area contributed by atoms with Crippen molar-refractivity contribution in [1.29, 1.82) is 0 Å². The minimum Gasteiger partial charge on any atom is -0.491 e. The van der Waals surface area contributed by atoms with Gasteiger partial charge in [-0.15, -0.1) is 0 Å². The first-order chi connectivity index (χ1) is 9.04. The number of fused-ring (bicyclic) bond motifs is 1. The van der Waals surface area contributed by atoms with E-state index in [1.54, 1.807) is 0 Å². The number of ether oxygens (including phenoxy) is 1. The molecule has 1 aliphatic rings. The lowest BCUT2D eigenvalue weighted by molar-refractivity contribution is -0.116. The molecule has 0 fully saturated rings. The molecule has 1 amide bonds. The molecule has 1 heterocycles. The molecule has 1 unspecified atom stereocenters. The van der Waals surface area contributed by atoms with Gasteiger partial charge in [0.15, 0.2) is 0 Å². The summed E-state index contributed by atoms with van der Waals surface area (Å²) < 4.78 is 5.54. The SMILES string of the molecule is CC(C)NC(C)Cc1ccc2c(c1)NC(=O)CCO2. The van der Waals surface area contributed by atoms with Crippen molar-refractivity contribution in [2.24, 2.45) is 0 Å². The van der Waals surface area contributed by atoms with Crippen molar-refractivity contribution in [2.45, 2.75) is 45.7 Å². The molecule has 1 aromatic rings. The summed E-state index contributed by atoms with van der Waals surface area (Å²) in [4.78, 5) is 11.5. The normalized spacial score (nSPS) is 16.3. The van der Waals surface area contributed by atoms with E-state index in [2.05, 4.69) is 37.5 Å². The molecular formula is C15H22N2O2. The van der Waals surface area contributed by atoms with Crippen LogP contribution >= 0.6 is 0 Å². The van der Waals surface area contributed by atoms with Crippen molar-refractivity contribution in [1.82, 2.24) is 5.32 Å². The van der Waals surface area contributed by atoms with Crippen LogP contribution in [0.2, 0.25) is 0 Å². The van der Waals surface area contributed by atoms with Crippen molar-refractivity contribution >= 4 is 11.6 Å². The molecule has 1 atom stereocenters. The van der Waals surface area contributed by atoms with Gasteiger partial charge >= 0.3 is 0 Å². The number of amides is 1. The molecule has 0 radical (unpaired) electrons. The third kappa shape index (κ3) is 3.96. The lowest BCUT2D eigenvalue weighted by Crippen LogP contribution is -2.33. The molecule has 4 nitrogen and oxygen atoms in total. The van der Waals surface area contributed by atoms with Crippen LogP contribution in [0.4, 0.5) is 5.69 Å². The summed E-state index contributed by atoms with van der Waals surface area (Å²) in [6.07, 6.45) is 1.34. The number of rotatable bonds is 4. The topological polar surface area (TPSA) is 50.4 Å². The predicted molar refractivity (Wildman–Crippen MR) is 76.6 cm³/mol. The van der Waals surface area contributed by atoms with E-state index in [1.165, 1.54) is 5.56 Å². The summed E-state index contributed by atoms with van der Waals surface area (Å²) in [6.45, 7) is 6.90. The van der Waals surface area contributed by atoms with Crippen LogP contribution in [0.1, 0.15) is 32.8 Å². The van der Waals surface area contributed by atoms with Gasteiger partial charge in [-0.1, -0.05) is 19.9 Å². The number of benzene rings is 1. The van der Waals surface area contributed by atoms with Gasteiger partial charge in [0.2, 0.25) is 5.91 Å². The molecule has 1 aromatic carbocycles. The molecular weight excluding hydrogens is 240 g/mol. The highest BCUT2D eigenvalue weighted by Crippen LogP contribution is 2.28. The Morgan fingerprint density at radius 3 is 2.89 bits per heavy atom. The summed E-state index contributed by atoms with van der Waals surface area (Å²) in [7, 11) is 0. The van der Waals surface area contributed by atoms with E-state index in [4.69, 9.17) is 4.74 Å². The Morgan fingerprint density at radius 1 is 1.37 bits per heavy atom. The summed E-state index contributed by atoms with van der Waals surface area (Å²) in [6, 6.07) is 6.89. The van der Waals surface area contributed by atoms with Crippen LogP contribution in [-0.4, -0.2) is 24.6 Å². The van der Waals surface area contributed by atoms with Crippen LogP contribution in [0.15, 0.2) is 18.2 Å². The Labute approximate surface area is 114 Å². The summed E-state index contributed by atoms with van der Waals surface area (Å²) in [5.74, 6) is 0.781. The van der Waals surface area contributed by atoms with Gasteiger partial charge in [0.1, 0.15) is 5.75 Å². The molecule has 0 saturated heterocycles. The molecule has 4 heteroatoms. The van der Waals surface area contributed by atoms with E-state index in [-0.39, 0.29) is 5.91 Å². The Hall–Kier alpha value is -1.55. The van der Waals surface area contributed by atoms with E-state index in [0.29, 0.717) is 25.1 Å². The zero-order chi connectivity index (χ0) is 13.8. The number of nitrogens with one attached hydrogen (secondary N) is 2. The minimum absolute atomic E-state index is 0.0178. The second-order valence-corrected chi connectivity index (χ2v) is 5.40. The maximum Gasteiger partial charge on any atom is 0.227 e. The number of anilines is 1. The molecule has 0 bridgehead atoms. The van der Waals surface area contributed by atoms with Crippen LogP contribution in [0.5, 0.6) is 5.75 Å². The van der Waals surface area contributed by atoms with E-state index >= 15 is 0 Å². The first-order valence-corrected chi connectivity index (χ1v) is 6.86. The lowest BCUT2D eigenvalue weighted by atomic mass is 10.1. The molecule has 104 valence electrons. The van der Waals surface area contributed by atoms with Crippen molar-refractivity contribution in [3.05, 3.63) is 23.8 Å². The molecule has 2 N–H and O–H groups in total. The standard InChI is InChI=1S/C15H22N2O2/c1-10(2)16-11(3)8-12-4-5-14-13(9-12)17-15(18)6-7-19-14/h4-5,9-11,16H,6-8H2,1-3H3,(H,17,18). The third-order valence-corrected chi connectivity index (χ3v) is 3.06. The summed E-state index contributed by atoms with van der Waals surface area (Å²) in [5.41, 5.74) is 1.99. The van der Waals surface area contributed by atoms with Crippen molar-refractivity contribution in [3.63, 3.8) is 0 Å². The van der Waals surface area contributed by atoms with Crippen LogP contribution in [0, 0.1) is 0 Å². The van der Waals surface area contributed by atoms with Gasteiger partial charge in [-0.3, -0.25) is 4.79 Å². The van der Waals surface area contributed by atoms with Crippen LogP contribution < -0.4 is 15.4 Å². The highest BCUT2D eigenvalue weighted by atomic mass is 16.5. The molecule has 0 aliphatic carbocycles. The Balaban J connectivity index is 2.09. The van der Waals surface area contributed by atoms with Crippen LogP contribution in [-0.2, 0) is 11.2 Å². The van der Waals surface area contributed by atoms with E-state index < -0.39 is 0 Å². The maximum absolute atomic E-state index is 11.5. The van der Waals surface area contributed by atoms with Gasteiger partial charge in [-0.25, -0.2) is 0 Å². The van der Waals surface area contributed by atoms with E-state index in [0.717, 1.165) is 17.9 Å². The Bertz CT molecular complexity index is 457. The zero-order valence-electron chi connectivity index (χ0n) is 11.8. The van der Waals surface area contributed by atoms with Gasteiger partial charge in [0.25, 0.3) is 0 Å². The quantitative estimate of drug-likeness (QED) is 0.875.